The molecule has 0 aliphatic heterocycles. The van der Waals surface area contributed by atoms with E-state index in [1.54, 1.807) is 32.0 Å². The molecule has 0 fully saturated rings. The van der Waals surface area contributed by atoms with Gasteiger partial charge in [-0.05, 0) is 31.5 Å². The minimum atomic E-state index is -3.66. The number of benzene rings is 1. The Balaban J connectivity index is 3.28. The molecular formula is C15H19N3O2S. The summed E-state index contributed by atoms with van der Waals surface area (Å²) in [5, 5.41) is 8.72. The van der Waals surface area contributed by atoms with Gasteiger partial charge in [-0.2, -0.15) is 9.57 Å². The highest BCUT2D eigenvalue weighted by Gasteiger charge is 2.26. The number of hydrogen-bond donors (Lipinski definition) is 1. The summed E-state index contributed by atoms with van der Waals surface area (Å²) in [5.74, 6) is 5.53. The Morgan fingerprint density at radius 3 is 2.67 bits per heavy atom. The second kappa shape index (κ2) is 7.24. The van der Waals surface area contributed by atoms with Crippen molar-refractivity contribution in [2.24, 2.45) is 5.73 Å². The molecule has 0 aliphatic carbocycles. The van der Waals surface area contributed by atoms with Gasteiger partial charge in [-0.25, -0.2) is 8.42 Å². The molecule has 0 amide bonds. The van der Waals surface area contributed by atoms with Crippen LogP contribution in [0.15, 0.2) is 23.1 Å². The predicted octanol–water partition coefficient (Wildman–Crippen LogP) is 1.23. The molecule has 2 N–H and O–H groups in total. The first-order valence-corrected chi connectivity index (χ1v) is 7.93. The van der Waals surface area contributed by atoms with E-state index in [9.17, 15) is 8.42 Å². The lowest BCUT2D eigenvalue weighted by Gasteiger charge is -2.23. The molecule has 0 bridgehead atoms. The van der Waals surface area contributed by atoms with Crippen molar-refractivity contribution in [3.8, 4) is 17.9 Å². The summed E-state index contributed by atoms with van der Waals surface area (Å²) in [5.41, 5.74) is 6.57. The maximum atomic E-state index is 12.6. The molecule has 0 heterocycles. The zero-order valence-corrected chi connectivity index (χ0v) is 13.2. The highest BCUT2D eigenvalue weighted by atomic mass is 32.2. The van der Waals surface area contributed by atoms with Crippen LogP contribution in [0.3, 0.4) is 0 Å². The second-order valence-electron chi connectivity index (χ2n) is 4.72. The summed E-state index contributed by atoms with van der Waals surface area (Å²) >= 11 is 0. The summed E-state index contributed by atoms with van der Waals surface area (Å²) in [6.45, 7) is 3.65. The van der Waals surface area contributed by atoms with Crippen molar-refractivity contribution in [2.75, 3.05) is 13.6 Å². The van der Waals surface area contributed by atoms with E-state index in [0.29, 0.717) is 11.1 Å². The van der Waals surface area contributed by atoms with Gasteiger partial charge in [0.1, 0.15) is 0 Å². The van der Waals surface area contributed by atoms with E-state index in [0.717, 1.165) is 0 Å². The fourth-order valence-corrected chi connectivity index (χ4v) is 3.37. The molecule has 1 aromatic carbocycles. The van der Waals surface area contributed by atoms with Crippen LogP contribution in [0.25, 0.3) is 0 Å². The van der Waals surface area contributed by atoms with Crippen LogP contribution < -0.4 is 5.73 Å². The van der Waals surface area contributed by atoms with Crippen LogP contribution in [-0.4, -0.2) is 32.4 Å². The van der Waals surface area contributed by atoms with Gasteiger partial charge in [-0.15, -0.1) is 0 Å². The molecule has 112 valence electrons. The lowest BCUT2D eigenvalue weighted by Crippen LogP contribution is -2.35. The van der Waals surface area contributed by atoms with Gasteiger partial charge < -0.3 is 5.73 Å². The number of nitriles is 1. The first-order valence-electron chi connectivity index (χ1n) is 6.49. The first kappa shape index (κ1) is 17.2. The van der Waals surface area contributed by atoms with Gasteiger partial charge in [-0.1, -0.05) is 17.9 Å². The fraction of sp³-hybridized carbons (Fsp3) is 0.400. The third-order valence-corrected chi connectivity index (χ3v) is 5.30. The van der Waals surface area contributed by atoms with Crippen molar-refractivity contribution in [1.29, 1.82) is 5.26 Å². The molecule has 0 spiro atoms. The van der Waals surface area contributed by atoms with Gasteiger partial charge >= 0.3 is 0 Å². The van der Waals surface area contributed by atoms with Gasteiger partial charge in [0.05, 0.1) is 23.9 Å². The second-order valence-corrected chi connectivity index (χ2v) is 6.68. The molecule has 0 aromatic heterocycles. The topological polar surface area (TPSA) is 87.2 Å². The van der Waals surface area contributed by atoms with Crippen molar-refractivity contribution in [3.63, 3.8) is 0 Å². The number of nitrogens with two attached hydrogens (primary N) is 1. The van der Waals surface area contributed by atoms with E-state index in [4.69, 9.17) is 11.0 Å². The molecule has 0 aliphatic rings. The van der Waals surface area contributed by atoms with E-state index in [2.05, 4.69) is 11.8 Å². The minimum absolute atomic E-state index is 0.140. The molecule has 1 atom stereocenters. The van der Waals surface area contributed by atoms with Crippen LogP contribution in [0, 0.1) is 30.1 Å². The Morgan fingerprint density at radius 2 is 2.10 bits per heavy atom. The summed E-state index contributed by atoms with van der Waals surface area (Å²) in [6.07, 6.45) is 0.140. The van der Waals surface area contributed by atoms with Gasteiger partial charge in [0.2, 0.25) is 10.0 Å². The summed E-state index contributed by atoms with van der Waals surface area (Å²) in [7, 11) is -2.17. The third kappa shape index (κ3) is 4.05. The Hall–Kier alpha value is -1.86. The van der Waals surface area contributed by atoms with Gasteiger partial charge in [0, 0.05) is 18.7 Å². The van der Waals surface area contributed by atoms with Crippen molar-refractivity contribution in [2.45, 2.75) is 31.2 Å². The zero-order chi connectivity index (χ0) is 16.0. The zero-order valence-electron chi connectivity index (χ0n) is 12.4. The van der Waals surface area contributed by atoms with E-state index in [1.165, 1.54) is 11.4 Å². The normalized spacial score (nSPS) is 12.4. The van der Waals surface area contributed by atoms with Crippen LogP contribution in [0.1, 0.15) is 24.5 Å². The summed E-state index contributed by atoms with van der Waals surface area (Å²) < 4.78 is 26.5. The fourth-order valence-electron chi connectivity index (χ4n) is 1.76. The summed E-state index contributed by atoms with van der Waals surface area (Å²) in [6, 6.07) is 6.62. The predicted molar refractivity (Wildman–Crippen MR) is 81.8 cm³/mol. The highest BCUT2D eigenvalue weighted by Crippen LogP contribution is 2.22. The lowest BCUT2D eigenvalue weighted by molar-refractivity contribution is 0.393. The third-order valence-electron chi connectivity index (χ3n) is 3.19. The van der Waals surface area contributed by atoms with Crippen LogP contribution in [0.5, 0.6) is 0 Å². The smallest absolute Gasteiger partial charge is 0.243 e. The molecule has 21 heavy (non-hydrogen) atoms. The minimum Gasteiger partial charge on any atom is -0.320 e. The van der Waals surface area contributed by atoms with Crippen LogP contribution >= 0.6 is 0 Å². The number of nitrogens with zero attached hydrogens (tertiary/aromatic N) is 2. The Labute approximate surface area is 126 Å². The maximum absolute atomic E-state index is 12.6. The van der Waals surface area contributed by atoms with Gasteiger partial charge in [0.15, 0.2) is 0 Å². The molecule has 0 saturated heterocycles. The largest absolute Gasteiger partial charge is 0.320 e. The monoisotopic (exact) mass is 305 g/mol. The van der Waals surface area contributed by atoms with E-state index in [1.807, 2.05) is 6.07 Å². The molecule has 1 rings (SSSR count). The quantitative estimate of drug-likeness (QED) is 0.848. The standard InChI is InChI=1S/C15H19N3O2S/c1-12-6-7-14(5-4-9-16)11-15(12)21(19,20)18(3)13(2)8-10-17/h6-7,11,13H,8-9,16H2,1-3H3. The average Bonchev–Trinajstić information content (AvgIpc) is 2.45. The van der Waals surface area contributed by atoms with E-state index < -0.39 is 16.1 Å². The number of hydrogen-bond acceptors (Lipinski definition) is 4. The van der Waals surface area contributed by atoms with E-state index in [-0.39, 0.29) is 17.9 Å². The van der Waals surface area contributed by atoms with Crippen LogP contribution in [-0.2, 0) is 10.0 Å². The highest BCUT2D eigenvalue weighted by molar-refractivity contribution is 7.89. The first-order chi connectivity index (χ1) is 9.84. The Bertz CT molecular complexity index is 709. The molecule has 0 radical (unpaired) electrons. The van der Waals surface area contributed by atoms with Gasteiger partial charge in [-0.3, -0.25) is 0 Å². The number of aryl methyl sites for hydroxylation is 1. The van der Waals surface area contributed by atoms with Crippen molar-refractivity contribution in [3.05, 3.63) is 29.3 Å². The van der Waals surface area contributed by atoms with Crippen molar-refractivity contribution < 1.29 is 8.42 Å². The van der Waals surface area contributed by atoms with Crippen molar-refractivity contribution in [1.82, 2.24) is 4.31 Å². The van der Waals surface area contributed by atoms with Gasteiger partial charge in [0.25, 0.3) is 0 Å². The van der Waals surface area contributed by atoms with Crippen LogP contribution in [0.4, 0.5) is 0 Å². The molecule has 0 saturated carbocycles. The number of sulfonamides is 1. The Morgan fingerprint density at radius 1 is 1.43 bits per heavy atom. The number of rotatable bonds is 4. The maximum Gasteiger partial charge on any atom is 0.243 e. The SMILES string of the molecule is Cc1ccc(C#CCN)cc1S(=O)(=O)N(C)C(C)CC#N. The lowest BCUT2D eigenvalue weighted by atomic mass is 10.1. The van der Waals surface area contributed by atoms with Crippen molar-refractivity contribution >= 4 is 10.0 Å². The van der Waals surface area contributed by atoms with E-state index >= 15 is 0 Å². The van der Waals surface area contributed by atoms with Crippen LogP contribution in [0.2, 0.25) is 0 Å². The molecule has 5 nitrogen and oxygen atoms in total. The average molecular weight is 305 g/mol. The molecule has 1 unspecified atom stereocenters. The molecular weight excluding hydrogens is 286 g/mol. The summed E-state index contributed by atoms with van der Waals surface area (Å²) in [4.78, 5) is 0.207. The Kier molecular flexibility index (Phi) is 5.92. The molecule has 6 heteroatoms. The molecule has 1 aromatic rings.